The lowest BCUT2D eigenvalue weighted by Crippen LogP contribution is -2.34. The number of hydrogen-bond donors (Lipinski definition) is 3. The van der Waals surface area contributed by atoms with Crippen molar-refractivity contribution >= 4 is 57.9 Å². The highest BCUT2D eigenvalue weighted by molar-refractivity contribution is 7.80. The van der Waals surface area contributed by atoms with Gasteiger partial charge in [0, 0.05) is 24.7 Å². The van der Waals surface area contributed by atoms with E-state index in [-0.39, 0.29) is 32.6 Å². The summed E-state index contributed by atoms with van der Waals surface area (Å²) >= 11 is 11.1. The average Bonchev–Trinajstić information content (AvgIpc) is 2.75. The first-order chi connectivity index (χ1) is 14.8. The molecule has 0 aromatic heterocycles. The summed E-state index contributed by atoms with van der Waals surface area (Å²) in [7, 11) is 0. The third kappa shape index (κ3) is 5.47. The highest BCUT2D eigenvalue weighted by Gasteiger charge is 2.23. The van der Waals surface area contributed by atoms with E-state index in [2.05, 4.69) is 10.6 Å². The van der Waals surface area contributed by atoms with E-state index >= 15 is 0 Å². The van der Waals surface area contributed by atoms with Gasteiger partial charge in [-0.3, -0.25) is 20.2 Å². The number of nitrogens with zero attached hydrogens (tertiary/aromatic N) is 2. The van der Waals surface area contributed by atoms with Crippen LogP contribution in [0.5, 0.6) is 0 Å². The maximum absolute atomic E-state index is 12.6. The Morgan fingerprint density at radius 1 is 1.10 bits per heavy atom. The summed E-state index contributed by atoms with van der Waals surface area (Å²) in [5.41, 5.74) is 0.607. The van der Waals surface area contributed by atoms with Gasteiger partial charge in [0.15, 0.2) is 5.11 Å². The summed E-state index contributed by atoms with van der Waals surface area (Å²) in [4.78, 5) is 36.7. The van der Waals surface area contributed by atoms with Crippen LogP contribution in [0.25, 0.3) is 0 Å². The van der Waals surface area contributed by atoms with Crippen molar-refractivity contribution in [2.75, 3.05) is 23.3 Å². The normalized spacial score (nSPS) is 13.4. The third-order valence-electron chi connectivity index (χ3n) is 4.82. The summed E-state index contributed by atoms with van der Waals surface area (Å²) in [6.45, 7) is 1.47. The molecule has 0 bridgehead atoms. The zero-order valence-electron chi connectivity index (χ0n) is 16.3. The number of nitro groups is 1. The Bertz CT molecular complexity index is 1060. The largest absolute Gasteiger partial charge is 0.478 e. The van der Waals surface area contributed by atoms with Crippen LogP contribution in [0.15, 0.2) is 36.4 Å². The maximum Gasteiger partial charge on any atom is 0.335 e. The lowest BCUT2D eigenvalue weighted by atomic mass is 10.1. The van der Waals surface area contributed by atoms with Gasteiger partial charge in [-0.25, -0.2) is 4.79 Å². The third-order valence-corrected chi connectivity index (χ3v) is 5.35. The number of piperidine rings is 1. The molecule has 2 aromatic rings. The second kappa shape index (κ2) is 9.71. The smallest absolute Gasteiger partial charge is 0.335 e. The Morgan fingerprint density at radius 3 is 2.42 bits per heavy atom. The number of nitro benzene ring substituents is 1. The SMILES string of the molecule is O=C(O)c1ccc(Cl)c(NC(=S)NC(=O)c2ccc(N3CCCCC3)c([N+](=O)[O-])c2)c1. The molecule has 1 saturated heterocycles. The van der Waals surface area contributed by atoms with Crippen LogP contribution in [0, 0.1) is 10.1 Å². The molecule has 11 heteroatoms. The van der Waals surface area contributed by atoms with Crippen LogP contribution >= 0.6 is 23.8 Å². The number of nitrogens with one attached hydrogen (secondary N) is 2. The van der Waals surface area contributed by atoms with Gasteiger partial charge in [0.2, 0.25) is 0 Å². The molecule has 1 amide bonds. The summed E-state index contributed by atoms with van der Waals surface area (Å²) in [6.07, 6.45) is 3.02. The molecule has 9 nitrogen and oxygen atoms in total. The van der Waals surface area contributed by atoms with Crippen LogP contribution in [0.2, 0.25) is 5.02 Å². The van der Waals surface area contributed by atoms with Gasteiger partial charge in [0.25, 0.3) is 11.6 Å². The average molecular weight is 463 g/mol. The predicted molar refractivity (Wildman–Crippen MR) is 121 cm³/mol. The van der Waals surface area contributed by atoms with E-state index in [1.807, 2.05) is 4.90 Å². The zero-order valence-corrected chi connectivity index (χ0v) is 17.8. The molecule has 31 heavy (non-hydrogen) atoms. The molecule has 2 aromatic carbocycles. The number of benzene rings is 2. The fourth-order valence-electron chi connectivity index (χ4n) is 3.30. The zero-order chi connectivity index (χ0) is 22.5. The molecule has 0 radical (unpaired) electrons. The molecule has 0 saturated carbocycles. The van der Waals surface area contributed by atoms with E-state index in [0.29, 0.717) is 5.69 Å². The highest BCUT2D eigenvalue weighted by Crippen LogP contribution is 2.31. The van der Waals surface area contributed by atoms with E-state index in [1.54, 1.807) is 6.07 Å². The van der Waals surface area contributed by atoms with Crippen LogP contribution in [0.4, 0.5) is 17.1 Å². The molecule has 0 spiro atoms. The number of anilines is 2. The van der Waals surface area contributed by atoms with Crippen LogP contribution in [-0.4, -0.2) is 40.1 Å². The van der Waals surface area contributed by atoms with Gasteiger partial charge in [0.05, 0.1) is 21.2 Å². The van der Waals surface area contributed by atoms with Gasteiger partial charge < -0.3 is 15.3 Å². The van der Waals surface area contributed by atoms with Gasteiger partial charge in [0.1, 0.15) is 5.69 Å². The minimum Gasteiger partial charge on any atom is -0.478 e. The Morgan fingerprint density at radius 2 is 1.77 bits per heavy atom. The van der Waals surface area contributed by atoms with Gasteiger partial charge >= 0.3 is 5.97 Å². The molecule has 0 unspecified atom stereocenters. The van der Waals surface area contributed by atoms with Crippen molar-refractivity contribution in [1.82, 2.24) is 5.32 Å². The Kier molecular flexibility index (Phi) is 7.03. The van der Waals surface area contributed by atoms with E-state index < -0.39 is 16.8 Å². The molecule has 162 valence electrons. The Labute approximate surface area is 188 Å². The lowest BCUT2D eigenvalue weighted by Gasteiger charge is -2.28. The van der Waals surface area contributed by atoms with Gasteiger partial charge in [-0.1, -0.05) is 11.6 Å². The molecule has 0 aliphatic carbocycles. The van der Waals surface area contributed by atoms with E-state index in [9.17, 15) is 19.7 Å². The monoisotopic (exact) mass is 462 g/mol. The van der Waals surface area contributed by atoms with Crippen LogP contribution in [0.3, 0.4) is 0 Å². The van der Waals surface area contributed by atoms with Crippen molar-refractivity contribution in [1.29, 1.82) is 0 Å². The summed E-state index contributed by atoms with van der Waals surface area (Å²) < 4.78 is 0. The summed E-state index contributed by atoms with van der Waals surface area (Å²) in [6, 6.07) is 8.30. The van der Waals surface area contributed by atoms with E-state index in [4.69, 9.17) is 28.9 Å². The van der Waals surface area contributed by atoms with Crippen molar-refractivity contribution in [2.24, 2.45) is 0 Å². The topological polar surface area (TPSA) is 125 Å². The number of amides is 1. The summed E-state index contributed by atoms with van der Waals surface area (Å²) in [5.74, 6) is -1.79. The molecule has 1 aliphatic rings. The fourth-order valence-corrected chi connectivity index (χ4v) is 3.66. The number of carboxylic acid groups (broad SMARTS) is 1. The standard InChI is InChI=1S/C20H19ClN4O5S/c21-14-6-4-13(19(27)28)10-15(14)22-20(31)23-18(26)12-5-7-16(17(11-12)25(29)30)24-8-2-1-3-9-24/h4-7,10-11H,1-3,8-9H2,(H,27,28)(H2,22,23,26,31). The van der Waals surface area contributed by atoms with Crippen LogP contribution in [0.1, 0.15) is 40.0 Å². The van der Waals surface area contributed by atoms with Crippen LogP contribution in [-0.2, 0) is 0 Å². The second-order valence-corrected chi connectivity index (χ2v) is 7.73. The maximum atomic E-state index is 12.6. The van der Waals surface area contributed by atoms with Gasteiger partial charge in [-0.2, -0.15) is 0 Å². The number of carbonyl (C=O) groups is 2. The number of halogens is 1. The fraction of sp³-hybridized carbons (Fsp3) is 0.250. The molecule has 1 aliphatic heterocycles. The van der Waals surface area contributed by atoms with Gasteiger partial charge in [-0.05, 0) is 61.8 Å². The molecule has 3 rings (SSSR count). The molecule has 0 atom stereocenters. The van der Waals surface area contributed by atoms with Crippen molar-refractivity contribution in [2.45, 2.75) is 19.3 Å². The van der Waals surface area contributed by atoms with Crippen molar-refractivity contribution in [3.05, 3.63) is 62.7 Å². The van der Waals surface area contributed by atoms with Crippen LogP contribution < -0.4 is 15.5 Å². The summed E-state index contributed by atoms with van der Waals surface area (Å²) in [5, 5.41) is 25.8. The van der Waals surface area contributed by atoms with E-state index in [1.165, 1.54) is 30.3 Å². The Balaban J connectivity index is 1.75. The lowest BCUT2D eigenvalue weighted by molar-refractivity contribution is -0.384. The number of carbonyl (C=O) groups excluding carboxylic acids is 1. The Hall–Kier alpha value is -3.24. The first kappa shape index (κ1) is 22.4. The van der Waals surface area contributed by atoms with Crippen molar-refractivity contribution in [3.8, 4) is 0 Å². The number of aromatic carboxylic acids is 1. The predicted octanol–water partition coefficient (Wildman–Crippen LogP) is 4.06. The molecular formula is C20H19ClN4O5S. The minimum absolute atomic E-state index is 0.00930. The number of thiocarbonyl (C=S) groups is 1. The second-order valence-electron chi connectivity index (χ2n) is 6.92. The molecule has 1 fully saturated rings. The van der Waals surface area contributed by atoms with Gasteiger partial charge in [-0.15, -0.1) is 0 Å². The van der Waals surface area contributed by atoms with E-state index in [0.717, 1.165) is 32.4 Å². The highest BCUT2D eigenvalue weighted by atomic mass is 35.5. The quantitative estimate of drug-likeness (QED) is 0.345. The number of carboxylic acids is 1. The first-order valence-corrected chi connectivity index (χ1v) is 10.2. The molecular weight excluding hydrogens is 444 g/mol. The molecule has 3 N–H and O–H groups in total. The number of rotatable bonds is 5. The minimum atomic E-state index is -1.14. The van der Waals surface area contributed by atoms with Crippen molar-refractivity contribution < 1.29 is 19.6 Å². The molecule has 1 heterocycles. The van der Waals surface area contributed by atoms with Crippen molar-refractivity contribution in [3.63, 3.8) is 0 Å². The number of hydrogen-bond acceptors (Lipinski definition) is 6. The first-order valence-electron chi connectivity index (χ1n) is 9.45.